The van der Waals surface area contributed by atoms with Gasteiger partial charge in [0.2, 0.25) is 0 Å². The molecule has 0 bridgehead atoms. The van der Waals surface area contributed by atoms with Crippen LogP contribution in [0.15, 0.2) is 24.4 Å². The van der Waals surface area contributed by atoms with Crippen molar-refractivity contribution >= 4 is 11.6 Å². The summed E-state index contributed by atoms with van der Waals surface area (Å²) < 4.78 is 83.3. The van der Waals surface area contributed by atoms with E-state index >= 15 is 0 Å². The van der Waals surface area contributed by atoms with Gasteiger partial charge < -0.3 is 20.7 Å². The lowest BCUT2D eigenvalue weighted by Gasteiger charge is -2.27. The molecule has 7 nitrogen and oxygen atoms in total. The van der Waals surface area contributed by atoms with Crippen LogP contribution in [-0.4, -0.2) is 48.3 Å². The van der Waals surface area contributed by atoms with Gasteiger partial charge in [-0.2, -0.15) is 27.2 Å². The summed E-state index contributed by atoms with van der Waals surface area (Å²) in [5, 5.41) is 11.5. The molecule has 1 aromatic carbocycles. The first kappa shape index (κ1) is 26.1. The highest BCUT2D eigenvalue weighted by Crippen LogP contribution is 2.40. The van der Waals surface area contributed by atoms with Crippen LogP contribution in [0.4, 0.5) is 32.0 Å². The van der Waals surface area contributed by atoms with Gasteiger partial charge in [0, 0.05) is 36.5 Å². The van der Waals surface area contributed by atoms with E-state index in [4.69, 9.17) is 5.73 Å². The standard InChI is InChI=1S/C22H21F6N5O2/c1-11(22(26,27)28)32-19(34)15-9-31-16(8-29)17(18(15)33-4-3-21(2,30)10-33)12-5-13(23)7-14(6-12)35-20(24)25/h5-7,9,11,20H,3-4,10,30H2,1-2H3,(H,32,34)/t11-,21-/m0/s1. The quantitative estimate of drug-likeness (QED) is 0.581. The van der Waals surface area contributed by atoms with Crippen molar-refractivity contribution in [3.63, 3.8) is 0 Å². The largest absolute Gasteiger partial charge is 0.435 e. The minimum Gasteiger partial charge on any atom is -0.435 e. The molecule has 1 aliphatic rings. The number of ether oxygens (including phenoxy) is 1. The Kier molecular flexibility index (Phi) is 7.16. The maximum absolute atomic E-state index is 14.3. The van der Waals surface area contributed by atoms with E-state index in [1.54, 1.807) is 17.9 Å². The van der Waals surface area contributed by atoms with Crippen LogP contribution < -0.4 is 20.7 Å². The maximum atomic E-state index is 14.3. The van der Waals surface area contributed by atoms with Crippen LogP contribution in [0.5, 0.6) is 5.75 Å². The van der Waals surface area contributed by atoms with Gasteiger partial charge in [-0.25, -0.2) is 9.37 Å². The SMILES string of the molecule is C[C@H](NC(=O)c1cnc(C#N)c(-c2cc(F)cc(OC(F)F)c2)c1N1CC[C@](C)(N)C1)C(F)(F)F. The molecule has 35 heavy (non-hydrogen) atoms. The summed E-state index contributed by atoms with van der Waals surface area (Å²) in [7, 11) is 0. The third-order valence-electron chi connectivity index (χ3n) is 5.45. The second kappa shape index (κ2) is 9.61. The van der Waals surface area contributed by atoms with Gasteiger partial charge in [0.25, 0.3) is 5.91 Å². The van der Waals surface area contributed by atoms with Gasteiger partial charge in [-0.15, -0.1) is 0 Å². The number of nitrogens with two attached hydrogens (primary N) is 1. The monoisotopic (exact) mass is 501 g/mol. The number of alkyl halides is 5. The molecule has 2 atom stereocenters. The number of rotatable bonds is 6. The van der Waals surface area contributed by atoms with Crippen molar-refractivity contribution in [2.75, 3.05) is 18.0 Å². The number of benzene rings is 1. The number of anilines is 1. The Labute approximate surface area is 196 Å². The Balaban J connectivity index is 2.25. The summed E-state index contributed by atoms with van der Waals surface area (Å²) in [5.74, 6) is -2.69. The molecule has 0 saturated carbocycles. The number of carbonyl (C=O) groups is 1. The van der Waals surface area contributed by atoms with Crippen LogP contribution in [0.1, 0.15) is 36.3 Å². The lowest BCUT2D eigenvalue weighted by Crippen LogP contribution is -2.44. The van der Waals surface area contributed by atoms with Crippen molar-refractivity contribution < 1.29 is 35.9 Å². The molecule has 1 saturated heterocycles. The number of amides is 1. The lowest BCUT2D eigenvalue weighted by atomic mass is 9.97. The fourth-order valence-electron chi connectivity index (χ4n) is 3.76. The van der Waals surface area contributed by atoms with Crippen LogP contribution >= 0.6 is 0 Å². The summed E-state index contributed by atoms with van der Waals surface area (Å²) in [5.41, 5.74) is 4.54. The highest BCUT2D eigenvalue weighted by molar-refractivity contribution is 6.04. The number of hydrogen-bond acceptors (Lipinski definition) is 6. The summed E-state index contributed by atoms with van der Waals surface area (Å²) in [6.45, 7) is -0.404. The molecular formula is C22H21F6N5O2. The van der Waals surface area contributed by atoms with E-state index in [9.17, 15) is 36.4 Å². The van der Waals surface area contributed by atoms with Gasteiger partial charge in [0.05, 0.1) is 11.3 Å². The highest BCUT2D eigenvalue weighted by atomic mass is 19.4. The van der Waals surface area contributed by atoms with Crippen LogP contribution in [0, 0.1) is 17.1 Å². The molecular weight excluding hydrogens is 480 g/mol. The summed E-state index contributed by atoms with van der Waals surface area (Å²) in [6, 6.07) is 2.22. The van der Waals surface area contributed by atoms with Gasteiger partial charge in [-0.3, -0.25) is 4.79 Å². The van der Waals surface area contributed by atoms with Crippen LogP contribution in [0.2, 0.25) is 0 Å². The van der Waals surface area contributed by atoms with Gasteiger partial charge >= 0.3 is 12.8 Å². The topological polar surface area (TPSA) is 104 Å². The predicted molar refractivity (Wildman–Crippen MR) is 113 cm³/mol. The maximum Gasteiger partial charge on any atom is 0.408 e. The first-order valence-electron chi connectivity index (χ1n) is 10.3. The second-order valence-electron chi connectivity index (χ2n) is 8.47. The van der Waals surface area contributed by atoms with E-state index in [0.29, 0.717) is 12.5 Å². The minimum atomic E-state index is -4.73. The van der Waals surface area contributed by atoms with Gasteiger partial charge in [0.15, 0.2) is 0 Å². The molecule has 0 spiro atoms. The predicted octanol–water partition coefficient (Wildman–Crippen LogP) is 3.97. The number of carbonyl (C=O) groups excluding carboxylic acids is 1. The van der Waals surface area contributed by atoms with E-state index in [0.717, 1.165) is 25.3 Å². The van der Waals surface area contributed by atoms with Crippen molar-refractivity contribution in [2.45, 2.75) is 44.6 Å². The number of nitrogens with one attached hydrogen (secondary N) is 1. The third-order valence-corrected chi connectivity index (χ3v) is 5.45. The zero-order valence-electron chi connectivity index (χ0n) is 18.6. The number of nitriles is 1. The van der Waals surface area contributed by atoms with Crippen LogP contribution in [0.25, 0.3) is 11.1 Å². The molecule has 1 amide bonds. The number of hydrogen-bond donors (Lipinski definition) is 2. The normalized spacial score (nSPS) is 18.9. The van der Waals surface area contributed by atoms with Crippen molar-refractivity contribution in [1.29, 1.82) is 5.26 Å². The van der Waals surface area contributed by atoms with E-state index in [1.807, 2.05) is 5.32 Å². The molecule has 3 rings (SSSR count). The molecule has 2 aromatic rings. The molecule has 1 fully saturated rings. The molecule has 3 N–H and O–H groups in total. The summed E-state index contributed by atoms with van der Waals surface area (Å²) in [4.78, 5) is 18.4. The zero-order valence-corrected chi connectivity index (χ0v) is 18.6. The Morgan fingerprint density at radius 3 is 2.57 bits per heavy atom. The van der Waals surface area contributed by atoms with Crippen molar-refractivity contribution in [1.82, 2.24) is 10.3 Å². The Hall–Kier alpha value is -3.53. The van der Waals surface area contributed by atoms with Crippen molar-refractivity contribution in [2.24, 2.45) is 5.73 Å². The number of pyridine rings is 1. The molecule has 0 radical (unpaired) electrons. The van der Waals surface area contributed by atoms with Gasteiger partial charge in [-0.1, -0.05) is 0 Å². The highest BCUT2D eigenvalue weighted by Gasteiger charge is 2.39. The Morgan fingerprint density at radius 2 is 2.03 bits per heavy atom. The molecule has 1 aromatic heterocycles. The van der Waals surface area contributed by atoms with E-state index < -0.39 is 41.8 Å². The first-order valence-corrected chi connectivity index (χ1v) is 10.3. The van der Waals surface area contributed by atoms with Crippen LogP contribution in [-0.2, 0) is 0 Å². The smallest absolute Gasteiger partial charge is 0.408 e. The minimum absolute atomic E-state index is 0.0220. The lowest BCUT2D eigenvalue weighted by molar-refractivity contribution is -0.149. The average molecular weight is 501 g/mol. The molecule has 2 heterocycles. The summed E-state index contributed by atoms with van der Waals surface area (Å²) >= 11 is 0. The van der Waals surface area contributed by atoms with Crippen molar-refractivity contribution in [3.05, 3.63) is 41.5 Å². The molecule has 188 valence electrons. The fourth-order valence-corrected chi connectivity index (χ4v) is 3.76. The molecule has 0 aliphatic carbocycles. The molecule has 1 aliphatic heterocycles. The van der Waals surface area contributed by atoms with E-state index in [1.165, 1.54) is 0 Å². The van der Waals surface area contributed by atoms with Crippen molar-refractivity contribution in [3.8, 4) is 22.9 Å². The number of nitrogens with zero attached hydrogens (tertiary/aromatic N) is 3. The van der Waals surface area contributed by atoms with E-state index in [2.05, 4.69) is 9.72 Å². The Morgan fingerprint density at radius 1 is 1.34 bits per heavy atom. The van der Waals surface area contributed by atoms with E-state index in [-0.39, 0.29) is 41.2 Å². The number of aromatic nitrogens is 1. The second-order valence-corrected chi connectivity index (χ2v) is 8.47. The fraction of sp³-hybridized carbons (Fsp3) is 0.409. The number of halogens is 6. The average Bonchev–Trinajstić information content (AvgIpc) is 3.10. The first-order chi connectivity index (χ1) is 16.2. The zero-order chi connectivity index (χ0) is 26.1. The van der Waals surface area contributed by atoms with Gasteiger partial charge in [-0.05, 0) is 38.0 Å². The Bertz CT molecular complexity index is 1160. The van der Waals surface area contributed by atoms with Gasteiger partial charge in [0.1, 0.15) is 29.4 Å². The molecule has 13 heteroatoms. The third kappa shape index (κ3) is 5.94. The summed E-state index contributed by atoms with van der Waals surface area (Å²) in [6.07, 6.45) is -3.36. The molecule has 0 unspecified atom stereocenters. The van der Waals surface area contributed by atoms with Crippen LogP contribution in [0.3, 0.4) is 0 Å².